The topological polar surface area (TPSA) is 133 Å². The summed E-state index contributed by atoms with van der Waals surface area (Å²) < 4.78 is 73.9. The highest BCUT2D eigenvalue weighted by atomic mass is 19.4. The van der Waals surface area contributed by atoms with Gasteiger partial charge in [-0.3, -0.25) is 4.79 Å². The van der Waals surface area contributed by atoms with Crippen LogP contribution in [0, 0.1) is 18.6 Å². The molecule has 0 spiro atoms. The van der Waals surface area contributed by atoms with Gasteiger partial charge in [0.25, 0.3) is 0 Å². The molecule has 48 heavy (non-hydrogen) atoms. The lowest BCUT2D eigenvalue weighted by molar-refractivity contribution is -0.141. The summed E-state index contributed by atoms with van der Waals surface area (Å²) in [5.74, 6) is -2.10. The average Bonchev–Trinajstić information content (AvgIpc) is 3.54. The Labute approximate surface area is 273 Å². The number of para-hydroxylation sites is 1. The van der Waals surface area contributed by atoms with Gasteiger partial charge >= 0.3 is 12.2 Å². The summed E-state index contributed by atoms with van der Waals surface area (Å²) in [7, 11) is 0. The second kappa shape index (κ2) is 14.4. The number of anilines is 1. The predicted octanol–water partition coefficient (Wildman–Crippen LogP) is 4.37. The van der Waals surface area contributed by atoms with Gasteiger partial charge in [0.15, 0.2) is 0 Å². The van der Waals surface area contributed by atoms with Gasteiger partial charge in [-0.1, -0.05) is 12.1 Å². The highest BCUT2D eigenvalue weighted by Gasteiger charge is 2.39. The molecule has 2 aliphatic rings. The second-order valence-corrected chi connectivity index (χ2v) is 12.0. The molecule has 0 radical (unpaired) electrons. The van der Waals surface area contributed by atoms with E-state index in [-0.39, 0.29) is 48.9 Å². The van der Waals surface area contributed by atoms with Crippen molar-refractivity contribution in [3.63, 3.8) is 0 Å². The van der Waals surface area contributed by atoms with Crippen LogP contribution in [-0.4, -0.2) is 87.2 Å². The number of aliphatic hydroxyl groups is 1. The van der Waals surface area contributed by atoms with E-state index in [9.17, 15) is 36.6 Å². The van der Waals surface area contributed by atoms with Gasteiger partial charge in [0.2, 0.25) is 11.8 Å². The molecule has 2 aliphatic heterocycles. The summed E-state index contributed by atoms with van der Waals surface area (Å²) in [6.07, 6.45) is -1.85. The number of likely N-dealkylation sites (tertiary alicyclic amines) is 2. The Bertz CT molecular complexity index is 1620. The molecule has 16 heteroatoms. The molecule has 11 nitrogen and oxygen atoms in total. The van der Waals surface area contributed by atoms with Gasteiger partial charge in [-0.2, -0.15) is 13.2 Å². The lowest BCUT2D eigenvalue weighted by Crippen LogP contribution is -2.48. The van der Waals surface area contributed by atoms with E-state index in [0.717, 1.165) is 24.3 Å². The third-order valence-corrected chi connectivity index (χ3v) is 8.59. The average molecular weight is 678 g/mol. The van der Waals surface area contributed by atoms with Crippen molar-refractivity contribution in [3.05, 3.63) is 77.0 Å². The van der Waals surface area contributed by atoms with E-state index >= 15 is 0 Å². The van der Waals surface area contributed by atoms with E-state index in [1.807, 2.05) is 0 Å². The highest BCUT2D eigenvalue weighted by Crippen LogP contribution is 2.35. The number of ether oxygens (including phenoxy) is 1. The molecule has 3 aromatic rings. The SMILES string of the molecule is CC(=O)N1CCC(NCC(O)(COc2cccc(C(F)(F)F)n2)c2cnc(C)nc2C2CCN(C(=O)Nc3c(F)cccc3F)CC2)C1. The van der Waals surface area contributed by atoms with E-state index in [2.05, 4.69) is 25.6 Å². The molecule has 3 N–H and O–H groups in total. The highest BCUT2D eigenvalue weighted by molar-refractivity contribution is 5.89. The van der Waals surface area contributed by atoms with Crippen molar-refractivity contribution in [2.45, 2.75) is 56.8 Å². The van der Waals surface area contributed by atoms with Crippen molar-refractivity contribution in [1.82, 2.24) is 30.1 Å². The molecule has 4 heterocycles. The van der Waals surface area contributed by atoms with Crippen LogP contribution in [0.3, 0.4) is 0 Å². The number of halogens is 5. The zero-order valence-corrected chi connectivity index (χ0v) is 26.4. The smallest absolute Gasteiger partial charge is 0.433 e. The Morgan fingerprint density at radius 1 is 1.00 bits per heavy atom. The van der Waals surface area contributed by atoms with Crippen LogP contribution in [0.4, 0.5) is 32.4 Å². The minimum Gasteiger partial charge on any atom is -0.474 e. The van der Waals surface area contributed by atoms with Crippen LogP contribution in [0.2, 0.25) is 0 Å². The molecular formula is C32H36F5N7O4. The van der Waals surface area contributed by atoms with Crippen LogP contribution < -0.4 is 15.4 Å². The first-order valence-corrected chi connectivity index (χ1v) is 15.5. The molecule has 0 aliphatic carbocycles. The Hall–Kier alpha value is -4.44. The number of hydrogen-bond acceptors (Lipinski definition) is 8. The quantitative estimate of drug-likeness (QED) is 0.285. The number of carbonyl (C=O) groups excluding carboxylic acids is 2. The number of nitrogens with zero attached hydrogens (tertiary/aromatic N) is 5. The fourth-order valence-corrected chi connectivity index (χ4v) is 5.91. The standard InChI is InChI=1S/C32H36F5N7O4/c1-19-38-15-23(28(40-19)21-9-12-43(13-10-21)30(46)42-29-24(33)5-3-6-25(29)34)31(47,17-39-22-11-14-44(16-22)20(2)45)18-48-27-8-4-7-26(41-27)32(35,36)37/h3-8,15,21-22,39,47H,9-14,16-18H2,1-2H3,(H,42,46). The molecule has 3 amide bonds. The third-order valence-electron chi connectivity index (χ3n) is 8.59. The van der Waals surface area contributed by atoms with Crippen LogP contribution in [0.25, 0.3) is 0 Å². The number of amides is 3. The molecule has 1 aromatic carbocycles. The number of urea groups is 1. The minimum absolute atomic E-state index is 0.0817. The Balaban J connectivity index is 1.36. The van der Waals surface area contributed by atoms with Gasteiger partial charge in [-0.05, 0) is 44.4 Å². The number of pyridine rings is 1. The van der Waals surface area contributed by atoms with Gasteiger partial charge < -0.3 is 30.3 Å². The number of rotatable bonds is 9. The van der Waals surface area contributed by atoms with Crippen LogP contribution in [-0.2, 0) is 16.6 Å². The largest absolute Gasteiger partial charge is 0.474 e. The molecule has 2 aromatic heterocycles. The monoisotopic (exact) mass is 677 g/mol. The van der Waals surface area contributed by atoms with Crippen LogP contribution in [0.5, 0.6) is 5.88 Å². The van der Waals surface area contributed by atoms with E-state index in [0.29, 0.717) is 43.9 Å². The molecular weight excluding hydrogens is 641 g/mol. The van der Waals surface area contributed by atoms with Crippen molar-refractivity contribution in [1.29, 1.82) is 0 Å². The van der Waals surface area contributed by atoms with Crippen molar-refractivity contribution < 1.29 is 41.4 Å². The molecule has 2 atom stereocenters. The number of aryl methyl sites for hydroxylation is 1. The molecule has 0 saturated carbocycles. The molecule has 2 fully saturated rings. The maximum Gasteiger partial charge on any atom is 0.433 e. The first kappa shape index (κ1) is 34.9. The fraction of sp³-hybridized carbons (Fsp3) is 0.469. The number of nitrogens with one attached hydrogen (secondary N) is 2. The van der Waals surface area contributed by atoms with Gasteiger partial charge in [0, 0.05) is 69.4 Å². The van der Waals surface area contributed by atoms with E-state index in [1.165, 1.54) is 30.2 Å². The molecule has 0 bridgehead atoms. The molecule has 258 valence electrons. The Kier molecular flexibility index (Phi) is 10.4. The van der Waals surface area contributed by atoms with Gasteiger partial charge in [0.05, 0.1) is 5.69 Å². The van der Waals surface area contributed by atoms with Crippen LogP contribution >= 0.6 is 0 Å². The number of benzene rings is 1. The second-order valence-electron chi connectivity index (χ2n) is 12.0. The summed E-state index contributed by atoms with van der Waals surface area (Å²) in [6.45, 7) is 3.88. The number of piperidine rings is 1. The maximum absolute atomic E-state index is 14.1. The number of hydrogen-bond donors (Lipinski definition) is 3. The third kappa shape index (κ3) is 8.16. The molecule has 2 saturated heterocycles. The molecule has 2 unspecified atom stereocenters. The predicted molar refractivity (Wildman–Crippen MR) is 163 cm³/mol. The number of aromatic nitrogens is 3. The van der Waals surface area contributed by atoms with Crippen molar-refractivity contribution in [2.24, 2.45) is 0 Å². The van der Waals surface area contributed by atoms with Gasteiger partial charge in [-0.15, -0.1) is 0 Å². The zero-order valence-electron chi connectivity index (χ0n) is 26.4. The van der Waals surface area contributed by atoms with Crippen molar-refractivity contribution in [3.8, 4) is 5.88 Å². The summed E-state index contributed by atoms with van der Waals surface area (Å²) in [6, 6.07) is 5.66. The van der Waals surface area contributed by atoms with Crippen LogP contribution in [0.1, 0.15) is 54.9 Å². The lowest BCUT2D eigenvalue weighted by atomic mass is 9.84. The van der Waals surface area contributed by atoms with E-state index in [4.69, 9.17) is 4.74 Å². The molecule has 5 rings (SSSR count). The first-order valence-electron chi connectivity index (χ1n) is 15.5. The van der Waals surface area contributed by atoms with Crippen LogP contribution in [0.15, 0.2) is 42.6 Å². The lowest BCUT2D eigenvalue weighted by Gasteiger charge is -2.36. The van der Waals surface area contributed by atoms with Gasteiger partial charge in [0.1, 0.15) is 41.0 Å². The number of carbonyl (C=O) groups is 2. The minimum atomic E-state index is -4.70. The summed E-state index contributed by atoms with van der Waals surface area (Å²) >= 11 is 0. The fourth-order valence-electron chi connectivity index (χ4n) is 5.91. The summed E-state index contributed by atoms with van der Waals surface area (Å²) in [5, 5.41) is 17.8. The number of alkyl halides is 3. The van der Waals surface area contributed by atoms with Crippen molar-refractivity contribution >= 4 is 17.6 Å². The Morgan fingerprint density at radius 3 is 2.31 bits per heavy atom. The summed E-state index contributed by atoms with van der Waals surface area (Å²) in [4.78, 5) is 40.3. The zero-order chi connectivity index (χ0) is 34.6. The Morgan fingerprint density at radius 2 is 1.67 bits per heavy atom. The van der Waals surface area contributed by atoms with Gasteiger partial charge in [-0.25, -0.2) is 28.5 Å². The maximum atomic E-state index is 14.1. The van der Waals surface area contributed by atoms with E-state index < -0.39 is 47.4 Å². The summed E-state index contributed by atoms with van der Waals surface area (Å²) in [5.41, 5.74) is -2.79. The van der Waals surface area contributed by atoms with Crippen molar-refractivity contribution in [2.75, 3.05) is 44.6 Å². The normalized spacial score (nSPS) is 18.5. The van der Waals surface area contributed by atoms with E-state index in [1.54, 1.807) is 11.8 Å². The first-order chi connectivity index (χ1) is 22.7.